The van der Waals surface area contributed by atoms with Crippen LogP contribution in [0.4, 0.5) is 0 Å². The molecule has 0 aliphatic carbocycles. The number of aryl methyl sites for hydroxylation is 2. The molecule has 0 aliphatic heterocycles. The van der Waals surface area contributed by atoms with Gasteiger partial charge in [0, 0.05) is 22.3 Å². The van der Waals surface area contributed by atoms with Crippen molar-refractivity contribution in [3.05, 3.63) is 21.4 Å². The Morgan fingerprint density at radius 3 is 2.73 bits per heavy atom. The Bertz CT molecular complexity index is 272. The Morgan fingerprint density at radius 1 is 1.47 bits per heavy atom. The van der Waals surface area contributed by atoms with Crippen LogP contribution in [0.3, 0.4) is 0 Å². The number of hydrogen-bond donors (Lipinski definition) is 2. The first-order valence-corrected chi connectivity index (χ1v) is 6.43. The Hall–Kier alpha value is -0.380. The predicted molar refractivity (Wildman–Crippen MR) is 68.4 cm³/mol. The smallest absolute Gasteiger partial charge is 0.0299 e. The molecule has 0 radical (unpaired) electrons. The van der Waals surface area contributed by atoms with Gasteiger partial charge in [0.25, 0.3) is 0 Å². The van der Waals surface area contributed by atoms with Gasteiger partial charge in [-0.1, -0.05) is 0 Å². The zero-order valence-corrected chi connectivity index (χ0v) is 10.8. The molecule has 0 spiro atoms. The van der Waals surface area contributed by atoms with E-state index in [1.165, 1.54) is 21.7 Å². The lowest BCUT2D eigenvalue weighted by molar-refractivity contribution is 0.576. The highest BCUT2D eigenvalue weighted by Gasteiger charge is 2.00. The molecule has 3 N–H and O–H groups in total. The number of nitrogens with one attached hydrogen (secondary N) is 1. The highest BCUT2D eigenvalue weighted by molar-refractivity contribution is 7.12. The largest absolute Gasteiger partial charge is 0.328 e. The summed E-state index contributed by atoms with van der Waals surface area (Å²) >= 11 is 1.89. The van der Waals surface area contributed by atoms with Gasteiger partial charge < -0.3 is 11.1 Å². The normalized spacial score (nSPS) is 13.1. The van der Waals surface area contributed by atoms with E-state index < -0.39 is 0 Å². The summed E-state index contributed by atoms with van der Waals surface area (Å²) in [5.74, 6) is 0. The van der Waals surface area contributed by atoms with Crippen molar-refractivity contribution in [1.82, 2.24) is 5.32 Å². The van der Waals surface area contributed by atoms with Gasteiger partial charge >= 0.3 is 0 Å². The lowest BCUT2D eigenvalue weighted by Crippen LogP contribution is -2.19. The molecular weight excluding hydrogens is 204 g/mol. The predicted octanol–water partition coefficient (Wildman–Crippen LogP) is 2.58. The molecular formula is C12H22N2S. The van der Waals surface area contributed by atoms with E-state index in [-0.39, 0.29) is 0 Å². The molecule has 0 amide bonds. The zero-order valence-electron chi connectivity index (χ0n) is 9.97. The Kier molecular flexibility index (Phi) is 5.29. The molecule has 86 valence electrons. The lowest BCUT2D eigenvalue weighted by Gasteiger charge is -2.05. The van der Waals surface area contributed by atoms with Gasteiger partial charge in [0.15, 0.2) is 0 Å². The molecule has 0 bridgehead atoms. The Labute approximate surface area is 96.9 Å². The van der Waals surface area contributed by atoms with E-state index in [0.717, 1.165) is 19.5 Å². The summed E-state index contributed by atoms with van der Waals surface area (Å²) in [6.45, 7) is 8.48. The molecule has 2 nitrogen and oxygen atoms in total. The van der Waals surface area contributed by atoms with Crippen molar-refractivity contribution in [3.63, 3.8) is 0 Å². The summed E-state index contributed by atoms with van der Waals surface area (Å²) in [6, 6.07) is 2.61. The third-order valence-corrected chi connectivity index (χ3v) is 3.68. The van der Waals surface area contributed by atoms with Crippen LogP contribution in [-0.4, -0.2) is 12.6 Å². The molecule has 0 aromatic carbocycles. The average Bonchev–Trinajstić information content (AvgIpc) is 2.45. The van der Waals surface area contributed by atoms with E-state index in [4.69, 9.17) is 5.73 Å². The van der Waals surface area contributed by atoms with Gasteiger partial charge in [-0.3, -0.25) is 0 Å². The second-order valence-electron chi connectivity index (χ2n) is 4.25. The summed E-state index contributed by atoms with van der Waals surface area (Å²) in [5.41, 5.74) is 7.09. The van der Waals surface area contributed by atoms with E-state index in [1.807, 2.05) is 11.3 Å². The quantitative estimate of drug-likeness (QED) is 0.732. The molecule has 3 heteroatoms. The van der Waals surface area contributed by atoms with Crippen LogP contribution in [0.1, 0.15) is 35.1 Å². The minimum absolute atomic E-state index is 0.332. The maximum absolute atomic E-state index is 5.68. The first-order chi connectivity index (χ1) is 7.09. The van der Waals surface area contributed by atoms with Gasteiger partial charge in [0.2, 0.25) is 0 Å². The SMILES string of the molecule is Cc1cc(CNCCCC(C)N)sc1C. The molecule has 1 unspecified atom stereocenters. The third kappa shape index (κ3) is 4.78. The minimum atomic E-state index is 0.332. The van der Waals surface area contributed by atoms with Crippen LogP contribution < -0.4 is 11.1 Å². The van der Waals surface area contributed by atoms with Crippen LogP contribution in [0.2, 0.25) is 0 Å². The standard InChI is InChI=1S/C12H22N2S/c1-9-7-12(15-11(9)3)8-14-6-4-5-10(2)13/h7,10,14H,4-6,8,13H2,1-3H3. The Balaban J connectivity index is 2.15. The number of hydrogen-bond acceptors (Lipinski definition) is 3. The van der Waals surface area contributed by atoms with E-state index in [0.29, 0.717) is 6.04 Å². The first kappa shape index (κ1) is 12.7. The minimum Gasteiger partial charge on any atom is -0.328 e. The van der Waals surface area contributed by atoms with Gasteiger partial charge in [-0.05, 0) is 51.8 Å². The monoisotopic (exact) mass is 226 g/mol. The molecule has 1 atom stereocenters. The van der Waals surface area contributed by atoms with Crippen LogP contribution in [0.5, 0.6) is 0 Å². The molecule has 1 rings (SSSR count). The highest BCUT2D eigenvalue weighted by Crippen LogP contribution is 2.20. The van der Waals surface area contributed by atoms with Crippen LogP contribution in [0, 0.1) is 13.8 Å². The van der Waals surface area contributed by atoms with Gasteiger partial charge in [0.1, 0.15) is 0 Å². The number of rotatable bonds is 6. The second kappa shape index (κ2) is 6.26. The fourth-order valence-corrected chi connectivity index (χ4v) is 2.52. The fraction of sp³-hybridized carbons (Fsp3) is 0.667. The van der Waals surface area contributed by atoms with Gasteiger partial charge in [-0.25, -0.2) is 0 Å². The van der Waals surface area contributed by atoms with Crippen molar-refractivity contribution in [2.45, 2.75) is 46.2 Å². The van der Waals surface area contributed by atoms with Gasteiger partial charge in [0.05, 0.1) is 0 Å². The van der Waals surface area contributed by atoms with Crippen molar-refractivity contribution in [3.8, 4) is 0 Å². The summed E-state index contributed by atoms with van der Waals surface area (Å²) in [4.78, 5) is 2.87. The summed E-state index contributed by atoms with van der Waals surface area (Å²) < 4.78 is 0. The van der Waals surface area contributed by atoms with E-state index in [1.54, 1.807) is 0 Å². The first-order valence-electron chi connectivity index (χ1n) is 5.62. The summed E-state index contributed by atoms with van der Waals surface area (Å²) in [7, 11) is 0. The zero-order chi connectivity index (χ0) is 11.3. The van der Waals surface area contributed by atoms with Gasteiger partial charge in [-0.2, -0.15) is 0 Å². The molecule has 0 saturated carbocycles. The van der Waals surface area contributed by atoms with E-state index >= 15 is 0 Å². The van der Waals surface area contributed by atoms with Crippen LogP contribution in [-0.2, 0) is 6.54 Å². The molecule has 0 fully saturated rings. The molecule has 1 aromatic rings. The fourth-order valence-electron chi connectivity index (χ4n) is 1.50. The average molecular weight is 226 g/mol. The molecule has 1 aromatic heterocycles. The van der Waals surface area contributed by atoms with Crippen molar-refractivity contribution in [1.29, 1.82) is 0 Å². The molecule has 0 saturated heterocycles. The van der Waals surface area contributed by atoms with Crippen molar-refractivity contribution < 1.29 is 0 Å². The maximum Gasteiger partial charge on any atom is 0.0299 e. The van der Waals surface area contributed by atoms with E-state index in [9.17, 15) is 0 Å². The van der Waals surface area contributed by atoms with Crippen molar-refractivity contribution in [2.24, 2.45) is 5.73 Å². The summed E-state index contributed by atoms with van der Waals surface area (Å²) in [5, 5.41) is 3.45. The number of thiophene rings is 1. The van der Waals surface area contributed by atoms with Gasteiger partial charge in [-0.15, -0.1) is 11.3 Å². The Morgan fingerprint density at radius 2 is 2.20 bits per heavy atom. The van der Waals surface area contributed by atoms with Crippen LogP contribution in [0.15, 0.2) is 6.07 Å². The van der Waals surface area contributed by atoms with Crippen molar-refractivity contribution in [2.75, 3.05) is 6.54 Å². The van der Waals surface area contributed by atoms with E-state index in [2.05, 4.69) is 32.2 Å². The topological polar surface area (TPSA) is 38.0 Å². The molecule has 1 heterocycles. The third-order valence-electron chi connectivity index (χ3n) is 2.53. The van der Waals surface area contributed by atoms with Crippen LogP contribution in [0.25, 0.3) is 0 Å². The lowest BCUT2D eigenvalue weighted by atomic mass is 10.2. The highest BCUT2D eigenvalue weighted by atomic mass is 32.1. The second-order valence-corrected chi connectivity index (χ2v) is 5.59. The maximum atomic E-state index is 5.68. The molecule has 0 aliphatic rings. The summed E-state index contributed by atoms with van der Waals surface area (Å²) in [6.07, 6.45) is 2.27. The molecule has 15 heavy (non-hydrogen) atoms. The number of nitrogens with two attached hydrogens (primary N) is 1. The van der Waals surface area contributed by atoms with Crippen molar-refractivity contribution >= 4 is 11.3 Å². The van der Waals surface area contributed by atoms with Crippen LogP contribution >= 0.6 is 11.3 Å².